The van der Waals surface area contributed by atoms with Crippen LogP contribution in [0.1, 0.15) is 19.8 Å². The fourth-order valence-electron chi connectivity index (χ4n) is 1.17. The number of hydrogen-bond acceptors (Lipinski definition) is 2. The normalized spacial score (nSPS) is 32.2. The zero-order chi connectivity index (χ0) is 6.74. The average Bonchev–Trinajstić information content (AvgIpc) is 1.79. The van der Waals surface area contributed by atoms with Gasteiger partial charge >= 0.3 is 0 Å². The van der Waals surface area contributed by atoms with E-state index in [2.05, 4.69) is 24.5 Å². The van der Waals surface area contributed by atoms with Crippen LogP contribution in [0.3, 0.4) is 0 Å². The number of nitrogens with two attached hydrogens (primary N) is 1. The first-order valence-electron chi connectivity index (χ1n) is 3.44. The highest BCUT2D eigenvalue weighted by atomic mass is 15.2. The summed E-state index contributed by atoms with van der Waals surface area (Å²) >= 11 is 0. The Hall–Kier alpha value is -0.340. The van der Waals surface area contributed by atoms with Crippen molar-refractivity contribution in [2.45, 2.75) is 19.8 Å². The van der Waals surface area contributed by atoms with Crippen LogP contribution < -0.4 is 11.3 Å². The molecule has 0 aromatic heterocycles. The van der Waals surface area contributed by atoms with Crippen LogP contribution in [-0.2, 0) is 0 Å². The quantitative estimate of drug-likeness (QED) is 0.333. The van der Waals surface area contributed by atoms with Crippen molar-refractivity contribution in [2.75, 3.05) is 6.54 Å². The Morgan fingerprint density at radius 2 is 2.44 bits per heavy atom. The second-order valence-corrected chi connectivity index (χ2v) is 2.70. The third-order valence-electron chi connectivity index (χ3n) is 2.15. The lowest BCUT2D eigenvalue weighted by Gasteiger charge is -2.34. The molecule has 0 bridgehead atoms. The number of nitrogens with one attached hydrogen (secondary N) is 1. The standard InChI is InChI=1S/C7H14N2/c1-2-7(6-9-8)4-3-5-7/h3-4,9H,2,5-6,8H2,1H3. The van der Waals surface area contributed by atoms with E-state index in [9.17, 15) is 0 Å². The molecule has 1 atom stereocenters. The van der Waals surface area contributed by atoms with E-state index in [1.807, 2.05) is 0 Å². The van der Waals surface area contributed by atoms with E-state index in [0.717, 1.165) is 6.54 Å². The van der Waals surface area contributed by atoms with Gasteiger partial charge in [-0.15, -0.1) is 0 Å². The Morgan fingerprint density at radius 1 is 1.78 bits per heavy atom. The van der Waals surface area contributed by atoms with Crippen LogP contribution in [0.25, 0.3) is 0 Å². The lowest BCUT2D eigenvalue weighted by atomic mass is 9.74. The molecule has 52 valence electrons. The molecule has 0 aromatic carbocycles. The van der Waals surface area contributed by atoms with E-state index in [1.54, 1.807) is 0 Å². The molecular weight excluding hydrogens is 112 g/mol. The molecule has 1 unspecified atom stereocenters. The predicted molar refractivity (Wildman–Crippen MR) is 38.7 cm³/mol. The molecule has 0 radical (unpaired) electrons. The van der Waals surface area contributed by atoms with Gasteiger partial charge in [-0.25, -0.2) is 0 Å². The Morgan fingerprint density at radius 3 is 2.56 bits per heavy atom. The van der Waals surface area contributed by atoms with Gasteiger partial charge in [-0.1, -0.05) is 19.1 Å². The Balaban J connectivity index is 2.39. The molecule has 0 aliphatic heterocycles. The second kappa shape index (κ2) is 2.50. The number of hydrogen-bond donors (Lipinski definition) is 2. The van der Waals surface area contributed by atoms with Gasteiger partial charge in [0.05, 0.1) is 0 Å². The summed E-state index contributed by atoms with van der Waals surface area (Å²) in [4.78, 5) is 0. The molecule has 9 heavy (non-hydrogen) atoms. The molecule has 1 aliphatic rings. The highest BCUT2D eigenvalue weighted by molar-refractivity contribution is 5.13. The molecule has 3 N–H and O–H groups in total. The van der Waals surface area contributed by atoms with E-state index in [4.69, 9.17) is 5.84 Å². The van der Waals surface area contributed by atoms with Crippen LogP contribution in [0.5, 0.6) is 0 Å². The molecule has 1 aliphatic carbocycles. The van der Waals surface area contributed by atoms with Crippen molar-refractivity contribution in [3.05, 3.63) is 12.2 Å². The molecule has 0 spiro atoms. The van der Waals surface area contributed by atoms with Gasteiger partial charge in [0.25, 0.3) is 0 Å². The van der Waals surface area contributed by atoms with Gasteiger partial charge in [-0.3, -0.25) is 11.3 Å². The van der Waals surface area contributed by atoms with Gasteiger partial charge in [0.15, 0.2) is 0 Å². The van der Waals surface area contributed by atoms with Crippen molar-refractivity contribution in [2.24, 2.45) is 11.3 Å². The summed E-state index contributed by atoms with van der Waals surface area (Å²) in [7, 11) is 0. The van der Waals surface area contributed by atoms with E-state index < -0.39 is 0 Å². The first-order chi connectivity index (χ1) is 4.33. The van der Waals surface area contributed by atoms with Gasteiger partial charge in [0.1, 0.15) is 0 Å². The van der Waals surface area contributed by atoms with E-state index in [-0.39, 0.29) is 0 Å². The Labute approximate surface area is 56.1 Å². The highest BCUT2D eigenvalue weighted by Gasteiger charge is 2.28. The minimum atomic E-state index is 0.398. The molecule has 2 heteroatoms. The number of allylic oxidation sites excluding steroid dienone is 1. The predicted octanol–water partition coefficient (Wildman–Crippen LogP) is 0.806. The van der Waals surface area contributed by atoms with Crippen LogP contribution >= 0.6 is 0 Å². The summed E-state index contributed by atoms with van der Waals surface area (Å²) < 4.78 is 0. The first-order valence-corrected chi connectivity index (χ1v) is 3.44. The second-order valence-electron chi connectivity index (χ2n) is 2.70. The molecular formula is C7H14N2. The number of hydrazine groups is 1. The van der Waals surface area contributed by atoms with Crippen molar-refractivity contribution < 1.29 is 0 Å². The summed E-state index contributed by atoms with van der Waals surface area (Å²) in [6.45, 7) is 3.11. The van der Waals surface area contributed by atoms with Crippen molar-refractivity contribution in [3.8, 4) is 0 Å². The minimum absolute atomic E-state index is 0.398. The van der Waals surface area contributed by atoms with Crippen LogP contribution in [0.15, 0.2) is 12.2 Å². The maximum absolute atomic E-state index is 5.22. The first kappa shape index (κ1) is 6.78. The van der Waals surface area contributed by atoms with Crippen LogP contribution in [0.4, 0.5) is 0 Å². The smallest absolute Gasteiger partial charge is 0.0192 e. The zero-order valence-corrected chi connectivity index (χ0v) is 5.85. The molecule has 0 fully saturated rings. The lowest BCUT2D eigenvalue weighted by molar-refractivity contribution is 0.317. The van der Waals surface area contributed by atoms with Crippen molar-refractivity contribution in [3.63, 3.8) is 0 Å². The van der Waals surface area contributed by atoms with Gasteiger partial charge in [0.2, 0.25) is 0 Å². The monoisotopic (exact) mass is 126 g/mol. The summed E-state index contributed by atoms with van der Waals surface area (Å²) in [5, 5.41) is 0. The molecule has 0 saturated carbocycles. The van der Waals surface area contributed by atoms with Crippen LogP contribution in [0.2, 0.25) is 0 Å². The minimum Gasteiger partial charge on any atom is -0.271 e. The highest BCUT2D eigenvalue weighted by Crippen LogP contribution is 2.35. The van der Waals surface area contributed by atoms with E-state index in [1.165, 1.54) is 12.8 Å². The van der Waals surface area contributed by atoms with Gasteiger partial charge in [-0.2, -0.15) is 0 Å². The molecule has 2 nitrogen and oxygen atoms in total. The average molecular weight is 126 g/mol. The summed E-state index contributed by atoms with van der Waals surface area (Å²) in [6.07, 6.45) is 6.81. The Kier molecular flexibility index (Phi) is 1.88. The van der Waals surface area contributed by atoms with Crippen molar-refractivity contribution in [1.82, 2.24) is 5.43 Å². The van der Waals surface area contributed by atoms with Crippen LogP contribution in [-0.4, -0.2) is 6.54 Å². The third-order valence-corrected chi connectivity index (χ3v) is 2.15. The maximum atomic E-state index is 5.22. The molecule has 0 heterocycles. The fraction of sp³-hybridized carbons (Fsp3) is 0.714. The van der Waals surface area contributed by atoms with Crippen molar-refractivity contribution >= 4 is 0 Å². The maximum Gasteiger partial charge on any atom is 0.0192 e. The summed E-state index contributed by atoms with van der Waals surface area (Å²) in [6, 6.07) is 0. The van der Waals surface area contributed by atoms with E-state index in [0.29, 0.717) is 5.41 Å². The topological polar surface area (TPSA) is 38.0 Å². The van der Waals surface area contributed by atoms with Crippen LogP contribution in [0, 0.1) is 5.41 Å². The largest absolute Gasteiger partial charge is 0.271 e. The zero-order valence-electron chi connectivity index (χ0n) is 5.85. The molecule has 0 aromatic rings. The third kappa shape index (κ3) is 1.14. The number of rotatable bonds is 3. The molecule has 0 saturated heterocycles. The van der Waals surface area contributed by atoms with Gasteiger partial charge < -0.3 is 0 Å². The van der Waals surface area contributed by atoms with E-state index >= 15 is 0 Å². The Bertz CT molecular complexity index is 120. The van der Waals surface area contributed by atoms with Gasteiger partial charge in [-0.05, 0) is 12.8 Å². The molecule has 1 rings (SSSR count). The fourth-order valence-corrected chi connectivity index (χ4v) is 1.17. The summed E-state index contributed by atoms with van der Waals surface area (Å²) in [5.74, 6) is 5.22. The summed E-state index contributed by atoms with van der Waals surface area (Å²) in [5.41, 5.74) is 3.11. The lowest BCUT2D eigenvalue weighted by Crippen LogP contribution is -2.38. The SMILES string of the molecule is CCC1(CNN)C=CC1. The van der Waals surface area contributed by atoms with Crippen molar-refractivity contribution in [1.29, 1.82) is 0 Å². The van der Waals surface area contributed by atoms with Gasteiger partial charge in [0, 0.05) is 12.0 Å². The molecule has 0 amide bonds.